The molecule has 1 unspecified atom stereocenters. The highest BCUT2D eigenvalue weighted by atomic mass is 32.1. The Hall–Kier alpha value is -1.92. The smallest absolute Gasteiger partial charge is 0.251 e. The van der Waals surface area contributed by atoms with E-state index in [1.165, 1.54) is 23.5 Å². The molecule has 4 N–H and O–H groups in total. The number of carbonyl (C=O) groups excluding carboxylic acids is 1. The lowest BCUT2D eigenvalue weighted by atomic mass is 10.1. The van der Waals surface area contributed by atoms with Gasteiger partial charge in [-0.05, 0) is 40.6 Å². The average molecular weight is 280 g/mol. The van der Waals surface area contributed by atoms with Crippen LogP contribution >= 0.6 is 11.3 Å². The molecule has 0 aliphatic carbocycles. The fourth-order valence-electron chi connectivity index (χ4n) is 1.54. The van der Waals surface area contributed by atoms with Crippen LogP contribution in [0.4, 0.5) is 10.1 Å². The van der Waals surface area contributed by atoms with Crippen molar-refractivity contribution in [1.29, 1.82) is 0 Å². The highest BCUT2D eigenvalue weighted by molar-refractivity contribution is 7.07. The molecule has 2 rings (SSSR count). The number of carbonyl (C=O) groups is 1. The van der Waals surface area contributed by atoms with Crippen molar-refractivity contribution in [2.24, 2.45) is 0 Å². The van der Waals surface area contributed by atoms with Gasteiger partial charge in [-0.25, -0.2) is 4.39 Å². The molecular weight excluding hydrogens is 267 g/mol. The summed E-state index contributed by atoms with van der Waals surface area (Å²) in [6.45, 7) is 0.0710. The number of amides is 1. The lowest BCUT2D eigenvalue weighted by Crippen LogP contribution is -2.28. The molecule has 100 valence electrons. The minimum Gasteiger partial charge on any atom is -0.396 e. The minimum absolute atomic E-state index is 0.00476. The standard InChI is InChI=1S/C13H13FN2O2S/c14-10-5-8(1-2-11(10)15)13(18)16-6-12(17)9-3-4-19-7-9/h1-5,7,12,17H,6,15H2,(H,16,18). The van der Waals surface area contributed by atoms with E-state index in [0.717, 1.165) is 11.6 Å². The van der Waals surface area contributed by atoms with E-state index in [1.807, 2.05) is 5.38 Å². The van der Waals surface area contributed by atoms with Gasteiger partial charge in [-0.1, -0.05) is 0 Å². The minimum atomic E-state index is -0.770. The second kappa shape index (κ2) is 5.81. The summed E-state index contributed by atoms with van der Waals surface area (Å²) in [5, 5.41) is 16.0. The first-order valence-corrected chi connectivity index (χ1v) is 6.55. The van der Waals surface area contributed by atoms with E-state index in [9.17, 15) is 14.3 Å². The van der Waals surface area contributed by atoms with Crippen LogP contribution in [0.1, 0.15) is 22.0 Å². The molecule has 2 aromatic rings. The maximum atomic E-state index is 13.2. The van der Waals surface area contributed by atoms with Gasteiger partial charge in [-0.2, -0.15) is 11.3 Å². The van der Waals surface area contributed by atoms with Crippen LogP contribution in [0.15, 0.2) is 35.0 Å². The van der Waals surface area contributed by atoms with Crippen molar-refractivity contribution in [3.05, 3.63) is 52.0 Å². The number of benzene rings is 1. The predicted octanol–water partition coefficient (Wildman–Crippen LogP) is 1.93. The molecule has 1 atom stereocenters. The SMILES string of the molecule is Nc1ccc(C(=O)NCC(O)c2ccsc2)cc1F. The largest absolute Gasteiger partial charge is 0.396 e. The van der Waals surface area contributed by atoms with Gasteiger partial charge in [0.25, 0.3) is 5.91 Å². The molecule has 0 fully saturated rings. The molecule has 0 saturated heterocycles. The van der Waals surface area contributed by atoms with E-state index in [-0.39, 0.29) is 17.8 Å². The molecule has 4 nitrogen and oxygen atoms in total. The van der Waals surface area contributed by atoms with Crippen LogP contribution in [0.25, 0.3) is 0 Å². The Balaban J connectivity index is 1.96. The summed E-state index contributed by atoms with van der Waals surface area (Å²) in [4.78, 5) is 11.8. The summed E-state index contributed by atoms with van der Waals surface area (Å²) >= 11 is 1.47. The second-order valence-corrected chi connectivity index (χ2v) is 4.80. The number of anilines is 1. The third-order valence-electron chi connectivity index (χ3n) is 2.65. The van der Waals surface area contributed by atoms with Crippen molar-refractivity contribution in [3.63, 3.8) is 0 Å². The number of aliphatic hydroxyl groups excluding tert-OH is 1. The van der Waals surface area contributed by atoms with Crippen molar-refractivity contribution in [1.82, 2.24) is 5.32 Å². The normalized spacial score (nSPS) is 12.1. The monoisotopic (exact) mass is 280 g/mol. The van der Waals surface area contributed by atoms with Gasteiger partial charge in [-0.3, -0.25) is 4.79 Å². The van der Waals surface area contributed by atoms with Crippen LogP contribution in [0.5, 0.6) is 0 Å². The number of nitrogens with two attached hydrogens (primary N) is 1. The molecule has 1 amide bonds. The van der Waals surface area contributed by atoms with Crippen molar-refractivity contribution < 1.29 is 14.3 Å². The van der Waals surface area contributed by atoms with E-state index < -0.39 is 17.8 Å². The summed E-state index contributed by atoms with van der Waals surface area (Å²) in [6, 6.07) is 5.62. The van der Waals surface area contributed by atoms with E-state index in [1.54, 1.807) is 11.4 Å². The summed E-state index contributed by atoms with van der Waals surface area (Å²) in [7, 11) is 0. The molecule has 1 heterocycles. The molecule has 0 saturated carbocycles. The van der Waals surface area contributed by atoms with Gasteiger partial charge < -0.3 is 16.2 Å². The van der Waals surface area contributed by atoms with Crippen LogP contribution < -0.4 is 11.1 Å². The predicted molar refractivity (Wildman–Crippen MR) is 72.4 cm³/mol. The molecule has 0 radical (unpaired) electrons. The molecule has 0 spiro atoms. The Morgan fingerprint density at radius 2 is 2.26 bits per heavy atom. The lowest BCUT2D eigenvalue weighted by molar-refractivity contribution is 0.0916. The van der Waals surface area contributed by atoms with Crippen molar-refractivity contribution in [2.45, 2.75) is 6.10 Å². The first-order chi connectivity index (χ1) is 9.08. The van der Waals surface area contributed by atoms with Crippen molar-refractivity contribution in [3.8, 4) is 0 Å². The zero-order chi connectivity index (χ0) is 13.8. The van der Waals surface area contributed by atoms with Crippen LogP contribution in [0, 0.1) is 5.82 Å². The Morgan fingerprint density at radius 1 is 1.47 bits per heavy atom. The Morgan fingerprint density at radius 3 is 2.89 bits per heavy atom. The number of hydrogen-bond donors (Lipinski definition) is 3. The fourth-order valence-corrected chi connectivity index (χ4v) is 2.25. The number of nitrogen functional groups attached to an aromatic ring is 1. The third kappa shape index (κ3) is 3.30. The van der Waals surface area contributed by atoms with Crippen LogP contribution in [-0.4, -0.2) is 17.6 Å². The van der Waals surface area contributed by atoms with E-state index >= 15 is 0 Å². The molecule has 1 aromatic carbocycles. The van der Waals surface area contributed by atoms with Crippen LogP contribution in [0.2, 0.25) is 0 Å². The molecule has 0 aliphatic heterocycles. The van der Waals surface area contributed by atoms with Gasteiger partial charge in [0, 0.05) is 12.1 Å². The lowest BCUT2D eigenvalue weighted by Gasteiger charge is -2.10. The fraction of sp³-hybridized carbons (Fsp3) is 0.154. The van der Waals surface area contributed by atoms with Crippen LogP contribution in [0.3, 0.4) is 0 Å². The molecule has 0 bridgehead atoms. The zero-order valence-electron chi connectivity index (χ0n) is 9.97. The topological polar surface area (TPSA) is 75.4 Å². The van der Waals surface area contributed by atoms with Gasteiger partial charge in [-0.15, -0.1) is 0 Å². The first-order valence-electron chi connectivity index (χ1n) is 5.61. The van der Waals surface area contributed by atoms with Crippen molar-refractivity contribution in [2.75, 3.05) is 12.3 Å². The maximum absolute atomic E-state index is 13.2. The van der Waals surface area contributed by atoms with E-state index in [2.05, 4.69) is 5.32 Å². The Labute approximate surface area is 113 Å². The third-order valence-corrected chi connectivity index (χ3v) is 3.35. The average Bonchev–Trinajstić information content (AvgIpc) is 2.92. The molecule has 1 aromatic heterocycles. The van der Waals surface area contributed by atoms with Gasteiger partial charge in [0.1, 0.15) is 5.82 Å². The van der Waals surface area contributed by atoms with E-state index in [4.69, 9.17) is 5.73 Å². The summed E-state index contributed by atoms with van der Waals surface area (Å²) < 4.78 is 13.2. The molecule has 19 heavy (non-hydrogen) atoms. The van der Waals surface area contributed by atoms with E-state index in [0.29, 0.717) is 0 Å². The number of thiophene rings is 1. The quantitative estimate of drug-likeness (QED) is 0.749. The maximum Gasteiger partial charge on any atom is 0.251 e. The Bertz CT molecular complexity index is 572. The molecule has 6 heteroatoms. The van der Waals surface area contributed by atoms with Crippen LogP contribution in [-0.2, 0) is 0 Å². The number of hydrogen-bond acceptors (Lipinski definition) is 4. The number of nitrogens with one attached hydrogen (secondary N) is 1. The summed E-state index contributed by atoms with van der Waals surface area (Å²) in [5.41, 5.74) is 6.24. The van der Waals surface area contributed by atoms with Gasteiger partial charge in [0.15, 0.2) is 0 Å². The number of halogens is 1. The second-order valence-electron chi connectivity index (χ2n) is 4.02. The zero-order valence-corrected chi connectivity index (χ0v) is 10.8. The highest BCUT2D eigenvalue weighted by Gasteiger charge is 2.12. The van der Waals surface area contributed by atoms with Crippen molar-refractivity contribution >= 4 is 22.9 Å². The summed E-state index contributed by atoms with van der Waals surface area (Å²) in [6.07, 6.45) is -0.770. The first kappa shape index (κ1) is 13.5. The summed E-state index contributed by atoms with van der Waals surface area (Å²) in [5.74, 6) is -1.08. The number of rotatable bonds is 4. The molecule has 0 aliphatic rings. The molecular formula is C13H13FN2O2S. The number of aliphatic hydroxyl groups is 1. The van der Waals surface area contributed by atoms with Gasteiger partial charge in [0.05, 0.1) is 11.8 Å². The highest BCUT2D eigenvalue weighted by Crippen LogP contribution is 2.16. The van der Waals surface area contributed by atoms with Gasteiger partial charge in [0.2, 0.25) is 0 Å². The Kier molecular flexibility index (Phi) is 4.13. The van der Waals surface area contributed by atoms with Gasteiger partial charge >= 0.3 is 0 Å².